The van der Waals surface area contributed by atoms with E-state index in [0.717, 1.165) is 37.4 Å². The van der Waals surface area contributed by atoms with Gasteiger partial charge in [-0.05, 0) is 30.4 Å². The summed E-state index contributed by atoms with van der Waals surface area (Å²) in [5.74, 6) is 0.246. The Morgan fingerprint density at radius 2 is 1.82 bits per heavy atom. The number of amides is 1. The maximum absolute atomic E-state index is 15.1. The van der Waals surface area contributed by atoms with Gasteiger partial charge in [-0.15, -0.1) is 4.99 Å². The molecule has 33 heavy (non-hydrogen) atoms. The minimum Gasteiger partial charge on any atom is -0.443 e. The fraction of sp³-hybridized carbons (Fsp3) is 0.455. The molecule has 4 rings (SSSR count). The first-order valence-electron chi connectivity index (χ1n) is 10.9. The number of nitrogens with zero attached hydrogens (tertiary/aromatic N) is 5. The molecule has 0 atom stereocenters. The molecule has 1 aromatic heterocycles. The van der Waals surface area contributed by atoms with Gasteiger partial charge in [0.05, 0.1) is 18.9 Å². The number of morpholine rings is 1. The van der Waals surface area contributed by atoms with Crippen LogP contribution in [-0.4, -0.2) is 61.4 Å². The number of ether oxygens (including phenoxy) is 2. The molecular formula is C22H28FN7O3. The predicted octanol–water partition coefficient (Wildman–Crippen LogP) is 1.75. The van der Waals surface area contributed by atoms with Crippen molar-refractivity contribution in [2.24, 2.45) is 16.5 Å². The van der Waals surface area contributed by atoms with Crippen LogP contribution >= 0.6 is 0 Å². The molecule has 2 aliphatic rings. The van der Waals surface area contributed by atoms with E-state index in [1.165, 1.54) is 0 Å². The van der Waals surface area contributed by atoms with Gasteiger partial charge in [-0.2, -0.15) is 0 Å². The Labute approximate surface area is 191 Å². The van der Waals surface area contributed by atoms with E-state index in [2.05, 4.69) is 19.9 Å². The third kappa shape index (κ3) is 5.67. The second kappa shape index (κ2) is 10.4. The van der Waals surface area contributed by atoms with E-state index in [9.17, 15) is 4.79 Å². The fourth-order valence-corrected chi connectivity index (χ4v) is 4.12. The lowest BCUT2D eigenvalue weighted by Gasteiger charge is -2.34. The summed E-state index contributed by atoms with van der Waals surface area (Å²) in [5, 5.41) is 0. The quantitative estimate of drug-likeness (QED) is 0.509. The molecule has 2 saturated heterocycles. The Bertz CT molecular complexity index is 984. The van der Waals surface area contributed by atoms with Crippen LogP contribution in [0.3, 0.4) is 0 Å². The van der Waals surface area contributed by atoms with Crippen LogP contribution in [-0.2, 0) is 16.1 Å². The molecule has 0 bridgehead atoms. The Morgan fingerprint density at radius 1 is 1.12 bits per heavy atom. The summed E-state index contributed by atoms with van der Waals surface area (Å²) in [5.41, 5.74) is 12.1. The highest BCUT2D eigenvalue weighted by Gasteiger charge is 2.24. The molecule has 0 aliphatic carbocycles. The zero-order chi connectivity index (χ0) is 23.2. The molecule has 3 heterocycles. The molecule has 0 unspecified atom stereocenters. The smallest absolute Gasteiger partial charge is 0.437 e. The SMILES string of the molecule is NC(N)=NC(=O)OCc1cccc(N2CCC(c3cnc(N4CCOCC4)nc3)CC2)c1F. The summed E-state index contributed by atoms with van der Waals surface area (Å²) >= 11 is 0. The third-order valence-electron chi connectivity index (χ3n) is 5.89. The Morgan fingerprint density at radius 3 is 2.48 bits per heavy atom. The molecule has 2 aliphatic heterocycles. The minimum absolute atomic E-state index is 0.251. The van der Waals surface area contributed by atoms with Gasteiger partial charge in [0.25, 0.3) is 0 Å². The van der Waals surface area contributed by atoms with Gasteiger partial charge in [-0.3, -0.25) is 0 Å². The van der Waals surface area contributed by atoms with E-state index in [4.69, 9.17) is 20.9 Å². The van der Waals surface area contributed by atoms with E-state index in [-0.39, 0.29) is 12.2 Å². The molecule has 176 valence electrons. The number of carbonyl (C=O) groups is 1. The van der Waals surface area contributed by atoms with Crippen molar-refractivity contribution < 1.29 is 18.7 Å². The van der Waals surface area contributed by atoms with E-state index in [0.29, 0.717) is 37.9 Å². The lowest BCUT2D eigenvalue weighted by atomic mass is 9.91. The Hall–Kier alpha value is -3.47. The molecule has 0 saturated carbocycles. The summed E-state index contributed by atoms with van der Waals surface area (Å²) in [7, 11) is 0. The van der Waals surface area contributed by atoms with Crippen LogP contribution in [0.5, 0.6) is 0 Å². The van der Waals surface area contributed by atoms with Crippen molar-refractivity contribution >= 4 is 23.7 Å². The number of nitrogens with two attached hydrogens (primary N) is 2. The van der Waals surface area contributed by atoms with Gasteiger partial charge in [0.2, 0.25) is 5.95 Å². The second-order valence-electron chi connectivity index (χ2n) is 8.02. The third-order valence-corrected chi connectivity index (χ3v) is 5.89. The average Bonchev–Trinajstić information content (AvgIpc) is 2.84. The van der Waals surface area contributed by atoms with Crippen molar-refractivity contribution in [1.29, 1.82) is 0 Å². The van der Waals surface area contributed by atoms with E-state index < -0.39 is 17.9 Å². The number of guanidine groups is 1. The number of carbonyl (C=O) groups excluding carboxylic acids is 1. The van der Waals surface area contributed by atoms with Crippen LogP contribution in [0, 0.1) is 5.82 Å². The van der Waals surface area contributed by atoms with Gasteiger partial charge >= 0.3 is 6.09 Å². The van der Waals surface area contributed by atoms with Crippen LogP contribution in [0.4, 0.5) is 20.8 Å². The normalized spacial score (nSPS) is 17.0. The zero-order valence-corrected chi connectivity index (χ0v) is 18.3. The molecular weight excluding hydrogens is 429 g/mol. The first kappa shape index (κ1) is 22.7. The average molecular weight is 458 g/mol. The minimum atomic E-state index is -0.956. The van der Waals surface area contributed by atoms with E-state index in [1.807, 2.05) is 17.3 Å². The standard InChI is InChI=1S/C22H28FN7O3/c23-19-16(14-33-22(31)28-20(24)25)2-1-3-18(19)29-6-4-15(5-7-29)17-12-26-21(27-13-17)30-8-10-32-11-9-30/h1-3,12-13,15H,4-11,14H2,(H4,24,25,28,31). The summed E-state index contributed by atoms with van der Waals surface area (Å²) in [6, 6.07) is 5.05. The first-order valence-corrected chi connectivity index (χ1v) is 10.9. The summed E-state index contributed by atoms with van der Waals surface area (Å²) in [6.45, 7) is 4.14. The van der Waals surface area contributed by atoms with Crippen molar-refractivity contribution in [2.45, 2.75) is 25.4 Å². The van der Waals surface area contributed by atoms with Gasteiger partial charge in [0.1, 0.15) is 6.61 Å². The highest BCUT2D eigenvalue weighted by atomic mass is 19.1. The maximum atomic E-state index is 15.1. The highest BCUT2D eigenvalue weighted by molar-refractivity contribution is 5.87. The van der Waals surface area contributed by atoms with Crippen LogP contribution in [0.15, 0.2) is 35.6 Å². The predicted molar refractivity (Wildman–Crippen MR) is 122 cm³/mol. The maximum Gasteiger partial charge on any atom is 0.437 e. The molecule has 2 fully saturated rings. The molecule has 10 nitrogen and oxygen atoms in total. The van der Waals surface area contributed by atoms with Gasteiger partial charge in [0.15, 0.2) is 11.8 Å². The van der Waals surface area contributed by atoms with Gasteiger partial charge in [-0.25, -0.2) is 19.2 Å². The van der Waals surface area contributed by atoms with Crippen LogP contribution < -0.4 is 21.3 Å². The number of hydrogen-bond donors (Lipinski definition) is 2. The summed E-state index contributed by atoms with van der Waals surface area (Å²) in [4.78, 5) is 28.0. The van der Waals surface area contributed by atoms with Crippen LogP contribution in [0.2, 0.25) is 0 Å². The number of aromatic nitrogens is 2. The van der Waals surface area contributed by atoms with Gasteiger partial charge in [-0.1, -0.05) is 12.1 Å². The molecule has 1 amide bonds. The van der Waals surface area contributed by atoms with Crippen molar-refractivity contribution in [1.82, 2.24) is 9.97 Å². The largest absolute Gasteiger partial charge is 0.443 e. The number of benzene rings is 1. The lowest BCUT2D eigenvalue weighted by molar-refractivity contribution is 0.122. The van der Waals surface area contributed by atoms with Crippen LogP contribution in [0.1, 0.15) is 29.9 Å². The molecule has 0 spiro atoms. The van der Waals surface area contributed by atoms with Gasteiger partial charge < -0.3 is 30.7 Å². The van der Waals surface area contributed by atoms with E-state index >= 15 is 4.39 Å². The Kier molecular flexibility index (Phi) is 7.18. The number of aliphatic imine (C=N–C) groups is 1. The van der Waals surface area contributed by atoms with E-state index in [1.54, 1.807) is 18.2 Å². The van der Waals surface area contributed by atoms with Crippen molar-refractivity contribution in [3.63, 3.8) is 0 Å². The lowest BCUT2D eigenvalue weighted by Crippen LogP contribution is -2.37. The molecule has 4 N–H and O–H groups in total. The molecule has 0 radical (unpaired) electrons. The van der Waals surface area contributed by atoms with Crippen molar-refractivity contribution in [3.8, 4) is 0 Å². The molecule has 1 aromatic carbocycles. The number of halogens is 1. The van der Waals surface area contributed by atoms with Gasteiger partial charge in [0, 0.05) is 44.1 Å². The molecule has 2 aromatic rings. The topological polar surface area (TPSA) is 132 Å². The summed E-state index contributed by atoms with van der Waals surface area (Å²) in [6.07, 6.45) is 4.59. The fourth-order valence-electron chi connectivity index (χ4n) is 4.12. The van der Waals surface area contributed by atoms with Crippen LogP contribution in [0.25, 0.3) is 0 Å². The monoisotopic (exact) mass is 457 g/mol. The summed E-state index contributed by atoms with van der Waals surface area (Å²) < 4.78 is 25.4. The van der Waals surface area contributed by atoms with Crippen molar-refractivity contribution in [2.75, 3.05) is 49.2 Å². The molecule has 11 heteroatoms. The highest BCUT2D eigenvalue weighted by Crippen LogP contribution is 2.32. The number of hydrogen-bond acceptors (Lipinski definition) is 7. The number of rotatable bonds is 5. The zero-order valence-electron chi connectivity index (χ0n) is 18.3. The number of piperidine rings is 1. The second-order valence-corrected chi connectivity index (χ2v) is 8.02. The number of anilines is 2. The first-order chi connectivity index (χ1) is 16.0. The van der Waals surface area contributed by atoms with Crippen molar-refractivity contribution in [3.05, 3.63) is 47.5 Å². The Balaban J connectivity index is 1.35.